The first-order valence-electron chi connectivity index (χ1n) is 11.5. The maximum absolute atomic E-state index is 5.58. The van der Waals surface area contributed by atoms with Gasteiger partial charge in [0.25, 0.3) is 0 Å². The highest BCUT2D eigenvalue weighted by Crippen LogP contribution is 2.44. The Balaban J connectivity index is 1.40. The summed E-state index contributed by atoms with van der Waals surface area (Å²) in [5.41, 5.74) is 1.53. The van der Waals surface area contributed by atoms with Crippen LogP contribution < -0.4 is 4.74 Å². The van der Waals surface area contributed by atoms with Gasteiger partial charge in [0.15, 0.2) is 0 Å². The van der Waals surface area contributed by atoms with Crippen LogP contribution in [0, 0.1) is 17.8 Å². The van der Waals surface area contributed by atoms with Crippen LogP contribution >= 0.6 is 0 Å². The standard InChI is InChI=1S/C25H40O/c1-3-5-6-7-20-8-10-21(11-9-20)22-12-14-23(15-13-22)24-16-18-25(19-17-24)26-4-2/h16-23H,3-15H2,1-2H3/t20-,21-,22-,23-. The van der Waals surface area contributed by atoms with E-state index in [4.69, 9.17) is 4.74 Å². The summed E-state index contributed by atoms with van der Waals surface area (Å²) in [4.78, 5) is 0. The van der Waals surface area contributed by atoms with Gasteiger partial charge in [-0.3, -0.25) is 0 Å². The maximum atomic E-state index is 5.58. The molecule has 1 nitrogen and oxygen atoms in total. The monoisotopic (exact) mass is 356 g/mol. The third kappa shape index (κ3) is 5.51. The molecule has 0 amide bonds. The molecule has 0 radical (unpaired) electrons. The number of hydrogen-bond donors (Lipinski definition) is 0. The van der Waals surface area contributed by atoms with Crippen molar-refractivity contribution in [2.45, 2.75) is 96.8 Å². The molecular formula is C25H40O. The van der Waals surface area contributed by atoms with Gasteiger partial charge in [-0.1, -0.05) is 57.6 Å². The lowest BCUT2D eigenvalue weighted by Crippen LogP contribution is -2.25. The molecule has 1 aromatic carbocycles. The summed E-state index contributed by atoms with van der Waals surface area (Å²) in [7, 11) is 0. The molecule has 2 aliphatic rings. The molecule has 146 valence electrons. The van der Waals surface area contributed by atoms with E-state index in [1.165, 1.54) is 82.6 Å². The normalized spacial score (nSPS) is 29.5. The van der Waals surface area contributed by atoms with Crippen molar-refractivity contribution in [3.05, 3.63) is 29.8 Å². The van der Waals surface area contributed by atoms with Crippen LogP contribution in [0.15, 0.2) is 24.3 Å². The van der Waals surface area contributed by atoms with Gasteiger partial charge in [0, 0.05) is 0 Å². The molecule has 2 saturated carbocycles. The Kier molecular flexibility index (Phi) is 7.89. The SMILES string of the molecule is CCCCC[C@H]1CC[C@H]([C@H]2CC[C@H](c3ccc(OCC)cc3)CC2)CC1. The Bertz CT molecular complexity index is 489. The van der Waals surface area contributed by atoms with Gasteiger partial charge < -0.3 is 4.74 Å². The summed E-state index contributed by atoms with van der Waals surface area (Å²) in [6.45, 7) is 5.12. The van der Waals surface area contributed by atoms with Crippen LogP contribution in [0.2, 0.25) is 0 Å². The molecule has 0 saturated heterocycles. The lowest BCUT2D eigenvalue weighted by Gasteiger charge is -2.38. The zero-order valence-corrected chi connectivity index (χ0v) is 17.2. The second-order valence-electron chi connectivity index (χ2n) is 8.89. The van der Waals surface area contributed by atoms with Gasteiger partial charge in [0.2, 0.25) is 0 Å². The van der Waals surface area contributed by atoms with Crippen molar-refractivity contribution in [2.24, 2.45) is 17.8 Å². The second kappa shape index (κ2) is 10.4. The summed E-state index contributed by atoms with van der Waals surface area (Å²) < 4.78 is 5.58. The van der Waals surface area contributed by atoms with Crippen LogP contribution in [-0.2, 0) is 0 Å². The molecule has 0 unspecified atom stereocenters. The topological polar surface area (TPSA) is 9.23 Å². The third-order valence-corrected chi connectivity index (χ3v) is 7.21. The number of benzene rings is 1. The minimum absolute atomic E-state index is 0.755. The molecule has 2 aliphatic carbocycles. The van der Waals surface area contributed by atoms with Crippen molar-refractivity contribution in [3.8, 4) is 5.75 Å². The Morgan fingerprint density at radius 2 is 1.38 bits per heavy atom. The molecule has 1 aromatic rings. The fraction of sp³-hybridized carbons (Fsp3) is 0.760. The predicted octanol–water partition coefficient (Wildman–Crippen LogP) is 7.75. The van der Waals surface area contributed by atoms with Gasteiger partial charge >= 0.3 is 0 Å². The van der Waals surface area contributed by atoms with Gasteiger partial charge in [0.05, 0.1) is 6.61 Å². The first kappa shape index (κ1) is 19.8. The van der Waals surface area contributed by atoms with Crippen molar-refractivity contribution < 1.29 is 4.74 Å². The highest BCUT2D eigenvalue weighted by Gasteiger charge is 2.31. The molecule has 26 heavy (non-hydrogen) atoms. The second-order valence-corrected chi connectivity index (χ2v) is 8.89. The van der Waals surface area contributed by atoms with Gasteiger partial charge in [0.1, 0.15) is 5.75 Å². The van der Waals surface area contributed by atoms with Crippen LogP contribution in [0.4, 0.5) is 0 Å². The molecule has 0 bridgehead atoms. The van der Waals surface area contributed by atoms with Crippen LogP contribution in [0.25, 0.3) is 0 Å². The quantitative estimate of drug-likeness (QED) is 0.433. The average molecular weight is 357 g/mol. The largest absolute Gasteiger partial charge is 0.494 e. The van der Waals surface area contributed by atoms with E-state index >= 15 is 0 Å². The Hall–Kier alpha value is -0.980. The fourth-order valence-electron chi connectivity index (χ4n) is 5.56. The van der Waals surface area contributed by atoms with Gasteiger partial charge in [-0.2, -0.15) is 0 Å². The first-order chi connectivity index (χ1) is 12.8. The van der Waals surface area contributed by atoms with Gasteiger partial charge in [-0.05, 0) is 86.8 Å². The van der Waals surface area contributed by atoms with Gasteiger partial charge in [-0.15, -0.1) is 0 Å². The van der Waals surface area contributed by atoms with Crippen molar-refractivity contribution >= 4 is 0 Å². The minimum Gasteiger partial charge on any atom is -0.494 e. The smallest absolute Gasteiger partial charge is 0.119 e. The predicted molar refractivity (Wildman–Crippen MR) is 112 cm³/mol. The zero-order valence-electron chi connectivity index (χ0n) is 17.2. The lowest BCUT2D eigenvalue weighted by molar-refractivity contribution is 0.155. The molecular weight excluding hydrogens is 316 g/mol. The number of rotatable bonds is 8. The van der Waals surface area contributed by atoms with E-state index in [2.05, 4.69) is 31.2 Å². The summed E-state index contributed by atoms with van der Waals surface area (Å²) in [5, 5.41) is 0. The first-order valence-corrected chi connectivity index (χ1v) is 11.5. The third-order valence-electron chi connectivity index (χ3n) is 7.21. The maximum Gasteiger partial charge on any atom is 0.119 e. The molecule has 0 N–H and O–H groups in total. The summed E-state index contributed by atoms with van der Waals surface area (Å²) >= 11 is 0. The summed E-state index contributed by atoms with van der Waals surface area (Å²) in [6, 6.07) is 8.92. The van der Waals surface area contributed by atoms with Crippen molar-refractivity contribution in [3.63, 3.8) is 0 Å². The highest BCUT2D eigenvalue weighted by atomic mass is 16.5. The number of hydrogen-bond acceptors (Lipinski definition) is 1. The van der Waals surface area contributed by atoms with Crippen LogP contribution in [0.5, 0.6) is 5.75 Å². The summed E-state index contributed by atoms with van der Waals surface area (Å²) in [5.74, 6) is 4.91. The molecule has 0 atom stereocenters. The molecule has 0 heterocycles. The summed E-state index contributed by atoms with van der Waals surface area (Å²) in [6.07, 6.45) is 17.6. The highest BCUT2D eigenvalue weighted by molar-refractivity contribution is 5.29. The number of unbranched alkanes of at least 4 members (excludes halogenated alkanes) is 2. The molecule has 0 spiro atoms. The van der Waals surface area contributed by atoms with E-state index < -0.39 is 0 Å². The van der Waals surface area contributed by atoms with Gasteiger partial charge in [-0.25, -0.2) is 0 Å². The molecule has 0 aliphatic heterocycles. The van der Waals surface area contributed by atoms with E-state index in [0.717, 1.165) is 36.0 Å². The van der Waals surface area contributed by atoms with E-state index in [-0.39, 0.29) is 0 Å². The van der Waals surface area contributed by atoms with Crippen LogP contribution in [0.1, 0.15) is 102 Å². The zero-order chi connectivity index (χ0) is 18.2. The van der Waals surface area contributed by atoms with E-state index in [1.807, 2.05) is 6.92 Å². The molecule has 0 aromatic heterocycles. The Morgan fingerprint density at radius 1 is 0.769 bits per heavy atom. The average Bonchev–Trinajstić information content (AvgIpc) is 2.70. The Morgan fingerprint density at radius 3 is 1.96 bits per heavy atom. The van der Waals surface area contributed by atoms with Crippen molar-refractivity contribution in [1.82, 2.24) is 0 Å². The van der Waals surface area contributed by atoms with E-state index in [0.29, 0.717) is 0 Å². The van der Waals surface area contributed by atoms with Crippen molar-refractivity contribution in [2.75, 3.05) is 6.61 Å². The number of ether oxygens (including phenoxy) is 1. The fourth-order valence-corrected chi connectivity index (χ4v) is 5.56. The minimum atomic E-state index is 0.755. The Labute approximate surface area is 161 Å². The van der Waals surface area contributed by atoms with Crippen LogP contribution in [0.3, 0.4) is 0 Å². The van der Waals surface area contributed by atoms with Crippen LogP contribution in [-0.4, -0.2) is 6.61 Å². The van der Waals surface area contributed by atoms with Crippen molar-refractivity contribution in [1.29, 1.82) is 0 Å². The molecule has 2 fully saturated rings. The van der Waals surface area contributed by atoms with E-state index in [1.54, 1.807) is 0 Å². The van der Waals surface area contributed by atoms with E-state index in [9.17, 15) is 0 Å². The molecule has 1 heteroatoms. The molecule has 3 rings (SSSR count). The lowest BCUT2D eigenvalue weighted by atomic mass is 9.68.